The van der Waals surface area contributed by atoms with Gasteiger partial charge in [0.05, 0.1) is 37.8 Å². The maximum Gasteiger partial charge on any atom is 0.291 e. The molecule has 1 aliphatic rings. The molecule has 1 unspecified atom stereocenters. The zero-order chi connectivity index (χ0) is 27.5. The van der Waals surface area contributed by atoms with E-state index in [-0.39, 0.29) is 28.8 Å². The van der Waals surface area contributed by atoms with Crippen LogP contribution >= 0.6 is 0 Å². The van der Waals surface area contributed by atoms with E-state index in [0.29, 0.717) is 29.4 Å². The first-order valence-corrected chi connectivity index (χ1v) is 13.0. The lowest BCUT2D eigenvalue weighted by molar-refractivity contribution is 0.0714. The van der Waals surface area contributed by atoms with Gasteiger partial charge in [-0.3, -0.25) is 9.59 Å². The molecule has 0 saturated carbocycles. The highest BCUT2D eigenvalue weighted by Crippen LogP contribution is 2.42. The SMILES string of the molecule is CCCCCOc1ccc(C2c3c(oc4ccc(F)cc4c3=O)C(=O)N2Cc2ccc(OC)cc2)cc1OC. The highest BCUT2D eigenvalue weighted by atomic mass is 19.1. The first-order valence-electron chi connectivity index (χ1n) is 13.0. The summed E-state index contributed by atoms with van der Waals surface area (Å²) in [5.74, 6) is 0.735. The number of fused-ring (bicyclic) bond motifs is 2. The normalized spacial score (nSPS) is 14.5. The van der Waals surface area contributed by atoms with Gasteiger partial charge in [0.25, 0.3) is 5.91 Å². The summed E-state index contributed by atoms with van der Waals surface area (Å²) in [5, 5.41) is 0.0840. The van der Waals surface area contributed by atoms with E-state index in [9.17, 15) is 14.0 Å². The lowest BCUT2D eigenvalue weighted by atomic mass is 9.97. The molecule has 1 aliphatic heterocycles. The fraction of sp³-hybridized carbons (Fsp3) is 0.290. The van der Waals surface area contributed by atoms with Crippen molar-refractivity contribution in [1.82, 2.24) is 4.90 Å². The smallest absolute Gasteiger partial charge is 0.291 e. The predicted molar refractivity (Wildman–Crippen MR) is 145 cm³/mol. The van der Waals surface area contributed by atoms with E-state index in [2.05, 4.69) is 6.92 Å². The van der Waals surface area contributed by atoms with Gasteiger partial charge in [0, 0.05) is 6.54 Å². The van der Waals surface area contributed by atoms with Crippen LogP contribution in [0.5, 0.6) is 17.2 Å². The number of hydrogen-bond acceptors (Lipinski definition) is 6. The third-order valence-electron chi connectivity index (χ3n) is 6.95. The molecule has 2 heterocycles. The van der Waals surface area contributed by atoms with Gasteiger partial charge in [-0.05, 0) is 60.0 Å². The average molecular weight is 532 g/mol. The Balaban J connectivity index is 1.61. The van der Waals surface area contributed by atoms with Crippen LogP contribution in [0.15, 0.2) is 69.9 Å². The highest BCUT2D eigenvalue weighted by Gasteiger charge is 2.43. The van der Waals surface area contributed by atoms with Crippen LogP contribution in [0.4, 0.5) is 4.39 Å². The quantitative estimate of drug-likeness (QED) is 0.225. The summed E-state index contributed by atoms with van der Waals surface area (Å²) in [7, 11) is 3.13. The van der Waals surface area contributed by atoms with Crippen LogP contribution in [-0.2, 0) is 6.54 Å². The number of hydrogen-bond donors (Lipinski definition) is 0. The lowest BCUT2D eigenvalue weighted by Crippen LogP contribution is -2.29. The molecule has 8 heteroatoms. The van der Waals surface area contributed by atoms with Gasteiger partial charge in [0.15, 0.2) is 16.9 Å². The number of unbranched alkanes of at least 4 members (excludes halogenated alkanes) is 2. The number of nitrogens with zero attached hydrogens (tertiary/aromatic N) is 1. The zero-order valence-electron chi connectivity index (χ0n) is 22.2. The van der Waals surface area contributed by atoms with E-state index in [0.717, 1.165) is 30.9 Å². The van der Waals surface area contributed by atoms with E-state index >= 15 is 0 Å². The third kappa shape index (κ3) is 5.06. The Morgan fingerprint density at radius 2 is 1.72 bits per heavy atom. The summed E-state index contributed by atoms with van der Waals surface area (Å²) in [6.07, 6.45) is 3.07. The number of halogens is 1. The van der Waals surface area contributed by atoms with Crippen molar-refractivity contribution < 1.29 is 27.8 Å². The van der Waals surface area contributed by atoms with Crippen molar-refractivity contribution in [2.24, 2.45) is 0 Å². The van der Waals surface area contributed by atoms with E-state index in [1.165, 1.54) is 12.1 Å². The molecule has 0 N–H and O–H groups in total. The fourth-order valence-electron chi connectivity index (χ4n) is 4.94. The minimum atomic E-state index is -0.776. The van der Waals surface area contributed by atoms with Gasteiger partial charge >= 0.3 is 0 Å². The molecule has 0 aliphatic carbocycles. The van der Waals surface area contributed by atoms with E-state index < -0.39 is 23.2 Å². The number of carbonyl (C=O) groups is 1. The van der Waals surface area contributed by atoms with Crippen molar-refractivity contribution in [1.29, 1.82) is 0 Å². The molecule has 0 spiro atoms. The molecule has 0 saturated heterocycles. The van der Waals surface area contributed by atoms with E-state index in [4.69, 9.17) is 18.6 Å². The van der Waals surface area contributed by atoms with Crippen LogP contribution in [-0.4, -0.2) is 31.6 Å². The van der Waals surface area contributed by atoms with Gasteiger partial charge in [-0.2, -0.15) is 0 Å². The van der Waals surface area contributed by atoms with E-state index in [1.807, 2.05) is 30.3 Å². The molecule has 202 valence electrons. The summed E-state index contributed by atoms with van der Waals surface area (Å²) >= 11 is 0. The summed E-state index contributed by atoms with van der Waals surface area (Å²) in [6, 6.07) is 15.7. The Bertz CT molecular complexity index is 1560. The van der Waals surface area contributed by atoms with Crippen LogP contribution in [0, 0.1) is 5.82 Å². The predicted octanol–water partition coefficient (Wildman–Crippen LogP) is 6.26. The molecule has 39 heavy (non-hydrogen) atoms. The summed E-state index contributed by atoms with van der Waals surface area (Å²) < 4.78 is 36.8. The highest BCUT2D eigenvalue weighted by molar-refractivity contribution is 5.99. The van der Waals surface area contributed by atoms with Crippen molar-refractivity contribution in [3.8, 4) is 17.2 Å². The molecular weight excluding hydrogens is 501 g/mol. The first kappa shape index (κ1) is 26.3. The minimum absolute atomic E-state index is 0.0449. The van der Waals surface area contributed by atoms with Crippen molar-refractivity contribution in [2.45, 2.75) is 38.8 Å². The summed E-state index contributed by atoms with van der Waals surface area (Å²) in [6.45, 7) is 2.89. The van der Waals surface area contributed by atoms with Crippen molar-refractivity contribution in [3.63, 3.8) is 0 Å². The molecule has 4 aromatic rings. The zero-order valence-corrected chi connectivity index (χ0v) is 22.2. The number of carbonyl (C=O) groups excluding carboxylic acids is 1. The Morgan fingerprint density at radius 1 is 0.923 bits per heavy atom. The van der Waals surface area contributed by atoms with Crippen LogP contribution in [0.25, 0.3) is 11.0 Å². The molecule has 0 radical (unpaired) electrons. The van der Waals surface area contributed by atoms with Gasteiger partial charge in [0.1, 0.15) is 17.1 Å². The Morgan fingerprint density at radius 3 is 2.44 bits per heavy atom. The molecule has 3 aromatic carbocycles. The van der Waals surface area contributed by atoms with Crippen LogP contribution in [0.1, 0.15) is 59.5 Å². The third-order valence-corrected chi connectivity index (χ3v) is 6.95. The second kappa shape index (κ2) is 11.2. The minimum Gasteiger partial charge on any atom is -0.497 e. The maximum absolute atomic E-state index is 14.1. The molecule has 1 aromatic heterocycles. The van der Waals surface area contributed by atoms with Gasteiger partial charge in [-0.1, -0.05) is 38.0 Å². The molecule has 1 atom stereocenters. The van der Waals surface area contributed by atoms with Crippen LogP contribution in [0.3, 0.4) is 0 Å². The average Bonchev–Trinajstić information content (AvgIpc) is 3.23. The summed E-state index contributed by atoms with van der Waals surface area (Å²) in [4.78, 5) is 29.0. The first-order chi connectivity index (χ1) is 18.9. The van der Waals surface area contributed by atoms with E-state index in [1.54, 1.807) is 31.3 Å². The van der Waals surface area contributed by atoms with Crippen molar-refractivity contribution in [2.75, 3.05) is 20.8 Å². The number of benzene rings is 3. The molecule has 0 fully saturated rings. The fourth-order valence-corrected chi connectivity index (χ4v) is 4.94. The molecule has 7 nitrogen and oxygen atoms in total. The Kier molecular flexibility index (Phi) is 7.54. The largest absolute Gasteiger partial charge is 0.497 e. The second-order valence-electron chi connectivity index (χ2n) is 9.46. The number of ether oxygens (including phenoxy) is 3. The Labute approximate surface area is 225 Å². The number of amides is 1. The standard InChI is InChI=1S/C31H30FNO6/c1-4-5-6-15-38-25-13-9-20(16-26(25)37-3)28-27-29(34)23-17-21(32)10-14-24(23)39-30(27)31(35)33(28)18-19-7-11-22(36-2)12-8-19/h7-14,16-17,28H,4-6,15,18H2,1-3H3. The summed E-state index contributed by atoms with van der Waals surface area (Å²) in [5.41, 5.74) is 1.38. The number of methoxy groups -OCH3 is 2. The van der Waals surface area contributed by atoms with Crippen LogP contribution in [0.2, 0.25) is 0 Å². The number of rotatable bonds is 10. The molecule has 0 bridgehead atoms. The monoisotopic (exact) mass is 531 g/mol. The molecule has 5 rings (SSSR count). The molecular formula is C31H30FNO6. The van der Waals surface area contributed by atoms with Gasteiger partial charge in [-0.15, -0.1) is 0 Å². The van der Waals surface area contributed by atoms with Gasteiger partial charge < -0.3 is 23.5 Å². The van der Waals surface area contributed by atoms with Crippen molar-refractivity contribution in [3.05, 3.63) is 99.2 Å². The Hall–Kier alpha value is -4.33. The lowest BCUT2D eigenvalue weighted by Gasteiger charge is -2.26. The molecule has 1 amide bonds. The van der Waals surface area contributed by atoms with Crippen molar-refractivity contribution >= 4 is 16.9 Å². The maximum atomic E-state index is 14.1. The van der Waals surface area contributed by atoms with Crippen LogP contribution < -0.4 is 19.6 Å². The van der Waals surface area contributed by atoms with Gasteiger partial charge in [0.2, 0.25) is 5.76 Å². The second-order valence-corrected chi connectivity index (χ2v) is 9.46. The van der Waals surface area contributed by atoms with Gasteiger partial charge in [-0.25, -0.2) is 4.39 Å². The topological polar surface area (TPSA) is 78.2 Å².